The van der Waals surface area contributed by atoms with E-state index < -0.39 is 5.41 Å². The fourth-order valence-corrected chi connectivity index (χ4v) is 2.18. The summed E-state index contributed by atoms with van der Waals surface area (Å²) in [6.07, 6.45) is 1.36. The number of para-hydroxylation sites is 1. The third-order valence-corrected chi connectivity index (χ3v) is 3.82. The van der Waals surface area contributed by atoms with E-state index in [9.17, 15) is 9.59 Å². The molecular weight excluding hydrogens is 308 g/mol. The Balaban J connectivity index is 2.46. The minimum Gasteiger partial charge on any atom is -0.496 e. The van der Waals surface area contributed by atoms with Gasteiger partial charge in [0.15, 0.2) is 0 Å². The summed E-state index contributed by atoms with van der Waals surface area (Å²) >= 11 is 0. The van der Waals surface area contributed by atoms with Crippen LogP contribution < -0.4 is 15.4 Å². The highest BCUT2D eigenvalue weighted by molar-refractivity contribution is 6.04. The van der Waals surface area contributed by atoms with Crippen molar-refractivity contribution in [1.82, 2.24) is 10.6 Å². The molecule has 0 aliphatic heterocycles. The molecule has 0 unspecified atom stereocenters. The van der Waals surface area contributed by atoms with Gasteiger partial charge in [-0.1, -0.05) is 18.2 Å². The lowest BCUT2D eigenvalue weighted by Crippen LogP contribution is -2.48. The maximum Gasteiger partial charge on any atom is 0.235 e. The number of hydrogen-bond donors (Lipinski definition) is 2. The second-order valence-corrected chi connectivity index (χ2v) is 6.05. The number of hydrogen-bond acceptors (Lipinski definition) is 4. The molecule has 0 aliphatic rings. The Kier molecular flexibility index (Phi) is 8.26. The van der Waals surface area contributed by atoms with Gasteiger partial charge >= 0.3 is 0 Å². The molecule has 2 amide bonds. The van der Waals surface area contributed by atoms with Gasteiger partial charge in [0.1, 0.15) is 11.2 Å². The number of nitrogens with one attached hydrogen (secondary N) is 2. The van der Waals surface area contributed by atoms with Gasteiger partial charge in [0.05, 0.1) is 7.11 Å². The highest BCUT2D eigenvalue weighted by atomic mass is 16.5. The summed E-state index contributed by atoms with van der Waals surface area (Å²) in [5.41, 5.74) is -0.101. The zero-order valence-corrected chi connectivity index (χ0v) is 15.0. The molecule has 0 atom stereocenters. The zero-order chi connectivity index (χ0) is 18.0. The number of carbonyl (C=O) groups is 2. The van der Waals surface area contributed by atoms with Crippen molar-refractivity contribution in [3.8, 4) is 5.75 Å². The van der Waals surface area contributed by atoms with E-state index >= 15 is 0 Å². The van der Waals surface area contributed by atoms with Crippen LogP contribution in [0.15, 0.2) is 24.3 Å². The Morgan fingerprint density at radius 3 is 2.29 bits per heavy atom. The van der Waals surface area contributed by atoms with Crippen LogP contribution in [0.1, 0.15) is 25.8 Å². The number of rotatable bonds is 10. The molecule has 6 nitrogen and oxygen atoms in total. The van der Waals surface area contributed by atoms with Crippen molar-refractivity contribution < 1.29 is 19.1 Å². The van der Waals surface area contributed by atoms with E-state index in [0.29, 0.717) is 32.5 Å². The van der Waals surface area contributed by atoms with Crippen molar-refractivity contribution in [3.63, 3.8) is 0 Å². The predicted molar refractivity (Wildman–Crippen MR) is 93.0 cm³/mol. The summed E-state index contributed by atoms with van der Waals surface area (Å²) in [5.74, 6) is 0.219. The van der Waals surface area contributed by atoms with Crippen LogP contribution in [0.4, 0.5) is 0 Å². The summed E-state index contributed by atoms with van der Waals surface area (Å²) in [4.78, 5) is 24.5. The SMILES string of the molecule is COCCCNC(=O)C(C)(C)C(=O)NCCc1ccccc1OC. The van der Waals surface area contributed by atoms with Gasteiger partial charge in [-0.3, -0.25) is 9.59 Å². The Morgan fingerprint density at radius 1 is 1.04 bits per heavy atom. The Labute approximate surface area is 143 Å². The molecule has 134 valence electrons. The van der Waals surface area contributed by atoms with E-state index in [2.05, 4.69) is 10.6 Å². The van der Waals surface area contributed by atoms with Crippen molar-refractivity contribution in [3.05, 3.63) is 29.8 Å². The first-order valence-electron chi connectivity index (χ1n) is 8.11. The van der Waals surface area contributed by atoms with E-state index in [4.69, 9.17) is 9.47 Å². The first kappa shape index (κ1) is 20.0. The van der Waals surface area contributed by atoms with E-state index in [1.54, 1.807) is 28.1 Å². The number of methoxy groups -OCH3 is 2. The summed E-state index contributed by atoms with van der Waals surface area (Å²) in [6.45, 7) is 4.75. The van der Waals surface area contributed by atoms with Crippen molar-refractivity contribution in [2.45, 2.75) is 26.7 Å². The summed E-state index contributed by atoms with van der Waals surface area (Å²) in [7, 11) is 3.23. The molecule has 1 rings (SSSR count). The molecular formula is C18H28N2O4. The maximum absolute atomic E-state index is 12.3. The van der Waals surface area contributed by atoms with Gasteiger partial charge in [-0.2, -0.15) is 0 Å². The number of benzene rings is 1. The first-order valence-corrected chi connectivity index (χ1v) is 8.11. The van der Waals surface area contributed by atoms with Gasteiger partial charge in [0, 0.05) is 26.8 Å². The predicted octanol–water partition coefficient (Wildman–Crippen LogP) is 1.53. The Hall–Kier alpha value is -2.08. The Morgan fingerprint density at radius 2 is 1.67 bits per heavy atom. The molecule has 24 heavy (non-hydrogen) atoms. The minimum absolute atomic E-state index is 0.284. The number of ether oxygens (including phenoxy) is 2. The third kappa shape index (κ3) is 5.85. The van der Waals surface area contributed by atoms with Crippen LogP contribution in [-0.2, 0) is 20.7 Å². The Bertz CT molecular complexity index is 544. The molecule has 1 aromatic rings. The molecule has 0 saturated carbocycles. The van der Waals surface area contributed by atoms with Crippen LogP contribution in [-0.4, -0.2) is 45.7 Å². The summed E-state index contributed by atoms with van der Waals surface area (Å²) in [6, 6.07) is 7.67. The fourth-order valence-electron chi connectivity index (χ4n) is 2.18. The average molecular weight is 336 g/mol. The van der Waals surface area contributed by atoms with Gasteiger partial charge < -0.3 is 20.1 Å². The van der Waals surface area contributed by atoms with E-state index in [-0.39, 0.29) is 11.8 Å². The lowest BCUT2D eigenvalue weighted by molar-refractivity contribution is -0.141. The number of amides is 2. The van der Waals surface area contributed by atoms with Gasteiger partial charge in [0.25, 0.3) is 0 Å². The first-order chi connectivity index (χ1) is 11.4. The van der Waals surface area contributed by atoms with Gasteiger partial charge in [-0.15, -0.1) is 0 Å². The molecule has 6 heteroatoms. The van der Waals surface area contributed by atoms with E-state index in [1.165, 1.54) is 0 Å². The van der Waals surface area contributed by atoms with Crippen LogP contribution in [0.5, 0.6) is 5.75 Å². The van der Waals surface area contributed by atoms with Gasteiger partial charge in [-0.05, 0) is 38.3 Å². The highest BCUT2D eigenvalue weighted by Crippen LogP contribution is 2.18. The van der Waals surface area contributed by atoms with Crippen molar-refractivity contribution in [1.29, 1.82) is 0 Å². The monoisotopic (exact) mass is 336 g/mol. The van der Waals surface area contributed by atoms with Crippen molar-refractivity contribution in [2.75, 3.05) is 33.9 Å². The molecule has 0 fully saturated rings. The smallest absolute Gasteiger partial charge is 0.235 e. The standard InChI is InChI=1S/C18H28N2O4/c1-18(2,16(21)19-11-7-13-23-3)17(22)20-12-10-14-8-5-6-9-15(14)24-4/h5-6,8-9H,7,10-13H2,1-4H3,(H,19,21)(H,20,22). The van der Waals surface area contributed by atoms with Crippen LogP contribution in [0.3, 0.4) is 0 Å². The minimum atomic E-state index is -1.12. The largest absolute Gasteiger partial charge is 0.496 e. The molecule has 0 saturated heterocycles. The van der Waals surface area contributed by atoms with Crippen LogP contribution in [0.2, 0.25) is 0 Å². The summed E-state index contributed by atoms with van der Waals surface area (Å²) < 4.78 is 10.2. The molecule has 0 heterocycles. The van der Waals surface area contributed by atoms with Gasteiger partial charge in [-0.25, -0.2) is 0 Å². The molecule has 0 aliphatic carbocycles. The quantitative estimate of drug-likeness (QED) is 0.502. The molecule has 0 radical (unpaired) electrons. The normalized spacial score (nSPS) is 11.0. The molecule has 0 spiro atoms. The van der Waals surface area contributed by atoms with Crippen molar-refractivity contribution >= 4 is 11.8 Å². The molecule has 1 aromatic carbocycles. The van der Waals surface area contributed by atoms with E-state index in [1.807, 2.05) is 24.3 Å². The third-order valence-electron chi connectivity index (χ3n) is 3.82. The zero-order valence-electron chi connectivity index (χ0n) is 15.0. The van der Waals surface area contributed by atoms with Crippen LogP contribution >= 0.6 is 0 Å². The lowest BCUT2D eigenvalue weighted by Gasteiger charge is -2.22. The van der Waals surface area contributed by atoms with Gasteiger partial charge in [0.2, 0.25) is 11.8 Å². The molecule has 0 aromatic heterocycles. The summed E-state index contributed by atoms with van der Waals surface area (Å²) in [5, 5.41) is 5.59. The molecule has 0 bridgehead atoms. The second-order valence-electron chi connectivity index (χ2n) is 6.05. The average Bonchev–Trinajstić information content (AvgIpc) is 2.58. The van der Waals surface area contributed by atoms with Crippen LogP contribution in [0.25, 0.3) is 0 Å². The fraction of sp³-hybridized carbons (Fsp3) is 0.556. The van der Waals surface area contributed by atoms with E-state index in [0.717, 1.165) is 11.3 Å². The van der Waals surface area contributed by atoms with Crippen molar-refractivity contribution in [2.24, 2.45) is 5.41 Å². The van der Waals surface area contributed by atoms with Crippen LogP contribution in [0, 0.1) is 5.41 Å². The topological polar surface area (TPSA) is 76.7 Å². The maximum atomic E-state index is 12.3. The highest BCUT2D eigenvalue weighted by Gasteiger charge is 2.35. The number of carbonyl (C=O) groups excluding carboxylic acids is 2. The molecule has 2 N–H and O–H groups in total. The second kappa shape index (κ2) is 9.93. The lowest BCUT2D eigenvalue weighted by atomic mass is 9.91.